The molecule has 0 fully saturated rings. The molecule has 0 aliphatic rings. The fraction of sp³-hybridized carbons (Fsp3) is 0. The first-order valence-electron chi connectivity index (χ1n) is 21.3. The van der Waals surface area contributed by atoms with E-state index in [4.69, 9.17) is 15.0 Å². The minimum atomic E-state index is 0.549. The van der Waals surface area contributed by atoms with Crippen LogP contribution in [0.25, 0.3) is 117 Å². The molecule has 4 heterocycles. The van der Waals surface area contributed by atoms with E-state index in [1.165, 1.54) is 27.2 Å². The molecule has 0 amide bonds. The summed E-state index contributed by atoms with van der Waals surface area (Å²) in [5, 5.41) is 7.01. The average molecular weight is 805 g/mol. The molecule has 13 aromatic rings. The predicted molar refractivity (Wildman–Crippen MR) is 259 cm³/mol. The van der Waals surface area contributed by atoms with E-state index in [0.29, 0.717) is 17.6 Å². The summed E-state index contributed by atoms with van der Waals surface area (Å²) < 4.78 is 7.07. The van der Waals surface area contributed by atoms with Crippen molar-refractivity contribution in [3.8, 4) is 51.2 Å². The Hall–Kier alpha value is -8.61. The molecule has 63 heavy (non-hydrogen) atoms. The molecule has 0 bridgehead atoms. The summed E-state index contributed by atoms with van der Waals surface area (Å²) in [7, 11) is 0. The second-order valence-electron chi connectivity index (χ2n) is 16.0. The highest BCUT2D eigenvalue weighted by molar-refractivity contribution is 6.24. The standard InChI is InChI=1S/C57H36N6/c1-4-16-37(17-5-1)38-28-30-40(31-29-38)56-58-55(39-18-6-2-7-19-39)59-57(60-56)63-52-35-32-42(61-49-25-13-10-22-43(49)44-23-11-14-26-50(44)61)36-48(52)47-34-33-46-45-24-12-15-27-51(45)62(53(46)54(47)63)41-20-8-3-9-21-41/h1-36H. The van der Waals surface area contributed by atoms with Gasteiger partial charge in [0, 0.05) is 54.8 Å². The monoisotopic (exact) mass is 804 g/mol. The average Bonchev–Trinajstić information content (AvgIpc) is 4.00. The molecule has 0 aliphatic carbocycles. The molecule has 6 nitrogen and oxygen atoms in total. The van der Waals surface area contributed by atoms with Crippen LogP contribution in [0.2, 0.25) is 0 Å². The summed E-state index contributed by atoms with van der Waals surface area (Å²) in [5.41, 5.74) is 12.9. The first-order valence-corrected chi connectivity index (χ1v) is 21.3. The molecule has 0 aliphatic heterocycles. The van der Waals surface area contributed by atoms with Crippen LogP contribution in [-0.2, 0) is 0 Å². The number of hydrogen-bond donors (Lipinski definition) is 0. The lowest BCUT2D eigenvalue weighted by Gasteiger charge is -2.13. The number of hydrogen-bond acceptors (Lipinski definition) is 3. The van der Waals surface area contributed by atoms with E-state index in [2.05, 4.69) is 208 Å². The second-order valence-corrected chi connectivity index (χ2v) is 16.0. The molecule has 0 saturated carbocycles. The van der Waals surface area contributed by atoms with Gasteiger partial charge in [-0.2, -0.15) is 9.97 Å². The van der Waals surface area contributed by atoms with Crippen molar-refractivity contribution in [1.29, 1.82) is 0 Å². The fourth-order valence-electron chi connectivity index (χ4n) is 9.68. The Kier molecular flexibility index (Phi) is 7.80. The van der Waals surface area contributed by atoms with E-state index in [1.807, 2.05) is 24.3 Å². The quantitative estimate of drug-likeness (QED) is 0.168. The van der Waals surface area contributed by atoms with Gasteiger partial charge in [-0.1, -0.05) is 170 Å². The Morgan fingerprint density at radius 1 is 0.254 bits per heavy atom. The Morgan fingerprint density at radius 2 is 0.683 bits per heavy atom. The normalized spacial score (nSPS) is 11.8. The highest BCUT2D eigenvalue weighted by Gasteiger charge is 2.24. The zero-order valence-electron chi connectivity index (χ0n) is 34.0. The van der Waals surface area contributed by atoms with Crippen molar-refractivity contribution in [3.05, 3.63) is 218 Å². The van der Waals surface area contributed by atoms with Crippen LogP contribution < -0.4 is 0 Å². The Morgan fingerprint density at radius 3 is 1.30 bits per heavy atom. The third kappa shape index (κ3) is 5.48. The van der Waals surface area contributed by atoms with Crippen LogP contribution in [0, 0.1) is 0 Å². The summed E-state index contributed by atoms with van der Waals surface area (Å²) >= 11 is 0. The number of para-hydroxylation sites is 4. The Bertz CT molecular complexity index is 3830. The predicted octanol–water partition coefficient (Wildman–Crippen LogP) is 14.2. The van der Waals surface area contributed by atoms with Crippen LogP contribution >= 0.6 is 0 Å². The summed E-state index contributed by atoms with van der Waals surface area (Å²) in [6.07, 6.45) is 0. The van der Waals surface area contributed by atoms with Crippen molar-refractivity contribution in [3.63, 3.8) is 0 Å². The number of nitrogens with zero attached hydrogens (tertiary/aromatic N) is 6. The minimum absolute atomic E-state index is 0.549. The lowest BCUT2D eigenvalue weighted by molar-refractivity contribution is 0.953. The summed E-state index contributed by atoms with van der Waals surface area (Å²) in [6, 6.07) is 77.3. The van der Waals surface area contributed by atoms with Gasteiger partial charge in [0.15, 0.2) is 11.6 Å². The van der Waals surface area contributed by atoms with Crippen molar-refractivity contribution < 1.29 is 0 Å². The number of benzene rings is 9. The molecule has 294 valence electrons. The number of rotatable bonds is 6. The first-order chi connectivity index (χ1) is 31.3. The molecule has 0 atom stereocenters. The van der Waals surface area contributed by atoms with Crippen molar-refractivity contribution in [2.45, 2.75) is 0 Å². The van der Waals surface area contributed by atoms with Crippen molar-refractivity contribution in [2.24, 2.45) is 0 Å². The van der Waals surface area contributed by atoms with E-state index >= 15 is 0 Å². The van der Waals surface area contributed by atoms with Crippen LogP contribution in [-0.4, -0.2) is 28.7 Å². The summed E-state index contributed by atoms with van der Waals surface area (Å²) in [6.45, 7) is 0. The first kappa shape index (κ1) is 35.2. The third-order valence-corrected chi connectivity index (χ3v) is 12.5. The zero-order valence-corrected chi connectivity index (χ0v) is 34.0. The lowest BCUT2D eigenvalue weighted by Crippen LogP contribution is -2.07. The van der Waals surface area contributed by atoms with Crippen molar-refractivity contribution >= 4 is 65.4 Å². The van der Waals surface area contributed by atoms with Gasteiger partial charge in [-0.15, -0.1) is 0 Å². The van der Waals surface area contributed by atoms with E-state index < -0.39 is 0 Å². The maximum absolute atomic E-state index is 5.42. The van der Waals surface area contributed by atoms with Crippen LogP contribution in [0.3, 0.4) is 0 Å². The molecule has 4 aromatic heterocycles. The second kappa shape index (κ2) is 14.0. The molecule has 0 radical (unpaired) electrons. The molecular weight excluding hydrogens is 769 g/mol. The molecule has 9 aromatic carbocycles. The zero-order chi connectivity index (χ0) is 41.4. The van der Waals surface area contributed by atoms with E-state index in [-0.39, 0.29) is 0 Å². The van der Waals surface area contributed by atoms with Crippen molar-refractivity contribution in [2.75, 3.05) is 0 Å². The van der Waals surface area contributed by atoms with Gasteiger partial charge in [0.25, 0.3) is 0 Å². The molecular formula is C57H36N6. The van der Waals surface area contributed by atoms with Crippen LogP contribution in [0.5, 0.6) is 0 Å². The number of aromatic nitrogens is 6. The van der Waals surface area contributed by atoms with Crippen molar-refractivity contribution in [1.82, 2.24) is 28.7 Å². The maximum Gasteiger partial charge on any atom is 0.238 e. The molecule has 13 rings (SSSR count). The maximum atomic E-state index is 5.42. The Balaban J connectivity index is 1.15. The highest BCUT2D eigenvalue weighted by atomic mass is 15.2. The molecule has 6 heteroatoms. The smallest absolute Gasteiger partial charge is 0.238 e. The van der Waals surface area contributed by atoms with E-state index in [0.717, 1.165) is 71.9 Å². The highest BCUT2D eigenvalue weighted by Crippen LogP contribution is 2.43. The summed E-state index contributed by atoms with van der Waals surface area (Å²) in [4.78, 5) is 16.0. The number of fused-ring (bicyclic) bond motifs is 10. The molecule has 0 unspecified atom stereocenters. The fourth-order valence-corrected chi connectivity index (χ4v) is 9.68. The van der Waals surface area contributed by atoms with Crippen LogP contribution in [0.15, 0.2) is 218 Å². The largest absolute Gasteiger partial charge is 0.309 e. The van der Waals surface area contributed by atoms with Gasteiger partial charge in [-0.05, 0) is 59.7 Å². The van der Waals surface area contributed by atoms with Crippen LogP contribution in [0.4, 0.5) is 0 Å². The topological polar surface area (TPSA) is 53.5 Å². The summed E-state index contributed by atoms with van der Waals surface area (Å²) in [5.74, 6) is 1.76. The van der Waals surface area contributed by atoms with Gasteiger partial charge in [0.05, 0.1) is 33.1 Å². The molecule has 0 spiro atoms. The lowest BCUT2D eigenvalue weighted by atomic mass is 10.0. The van der Waals surface area contributed by atoms with Gasteiger partial charge in [-0.3, -0.25) is 4.57 Å². The molecule has 0 N–H and O–H groups in total. The SMILES string of the molecule is c1ccc(-c2ccc(-c3nc(-c4ccccc4)nc(-n4c5ccc(-n6c7ccccc7c7ccccc76)cc5c5ccc6c7ccccc7n(-c7ccccc7)c6c54)n3)cc2)cc1. The van der Waals surface area contributed by atoms with Gasteiger partial charge in [0.2, 0.25) is 5.95 Å². The van der Waals surface area contributed by atoms with Gasteiger partial charge >= 0.3 is 0 Å². The van der Waals surface area contributed by atoms with Gasteiger partial charge in [-0.25, -0.2) is 4.98 Å². The van der Waals surface area contributed by atoms with Crippen LogP contribution in [0.1, 0.15) is 0 Å². The Labute approximate surface area is 362 Å². The van der Waals surface area contributed by atoms with Gasteiger partial charge in [0.1, 0.15) is 0 Å². The third-order valence-electron chi connectivity index (χ3n) is 12.5. The molecule has 0 saturated heterocycles. The van der Waals surface area contributed by atoms with E-state index in [1.54, 1.807) is 0 Å². The van der Waals surface area contributed by atoms with E-state index in [9.17, 15) is 0 Å². The minimum Gasteiger partial charge on any atom is -0.309 e. The van der Waals surface area contributed by atoms with Gasteiger partial charge < -0.3 is 9.13 Å².